The number of hydrogen-bond donors (Lipinski definition) is 1. The number of esters is 1. The number of alkyl halides is 3. The maximum absolute atomic E-state index is 13.0. The number of rotatable bonds is 4. The largest absolute Gasteiger partial charge is 0.467 e. The van der Waals surface area contributed by atoms with Crippen molar-refractivity contribution in [3.63, 3.8) is 0 Å². The summed E-state index contributed by atoms with van der Waals surface area (Å²) in [5.41, 5.74) is -4.58. The predicted octanol–water partition coefficient (Wildman–Crippen LogP) is 1.31. The van der Waals surface area contributed by atoms with Crippen molar-refractivity contribution in [2.45, 2.75) is 18.2 Å². The van der Waals surface area contributed by atoms with Gasteiger partial charge in [0.25, 0.3) is 10.6 Å². The molecule has 2 heterocycles. The lowest BCUT2D eigenvalue weighted by atomic mass is 9.97. The molecule has 0 spiro atoms. The summed E-state index contributed by atoms with van der Waals surface area (Å²) in [6.07, 6.45) is -5.56. The van der Waals surface area contributed by atoms with Gasteiger partial charge in [-0.1, -0.05) is 11.3 Å². The Labute approximate surface area is 123 Å². The van der Waals surface area contributed by atoms with E-state index in [0.717, 1.165) is 15.7 Å². The number of hydrogen-bond acceptors (Lipinski definition) is 7. The highest BCUT2D eigenvalue weighted by Gasteiger charge is 2.61. The number of methoxy groups -OCH3 is 1. The number of imidazole rings is 1. The van der Waals surface area contributed by atoms with Crippen LogP contribution >= 0.6 is 11.3 Å². The highest BCUT2D eigenvalue weighted by Crippen LogP contribution is 2.36. The van der Waals surface area contributed by atoms with Crippen LogP contribution < -0.4 is 0 Å². The third kappa shape index (κ3) is 2.39. The van der Waals surface area contributed by atoms with Gasteiger partial charge in [-0.25, -0.2) is 4.79 Å². The van der Waals surface area contributed by atoms with Crippen LogP contribution in [0.2, 0.25) is 0 Å². The van der Waals surface area contributed by atoms with Crippen LogP contribution in [0.25, 0.3) is 4.96 Å². The van der Waals surface area contributed by atoms with Gasteiger partial charge < -0.3 is 20.0 Å². The van der Waals surface area contributed by atoms with Crippen LogP contribution in [0, 0.1) is 10.1 Å². The molecular formula is C10H8F3N3O5S. The summed E-state index contributed by atoms with van der Waals surface area (Å²) in [5.74, 6) is -2.71. The quantitative estimate of drug-likeness (QED) is 0.511. The second-order valence-corrected chi connectivity index (χ2v) is 5.09. The monoisotopic (exact) mass is 339 g/mol. The first-order valence-corrected chi connectivity index (χ1v) is 6.46. The number of carbonyl (C=O) groups excluding carboxylic acids is 1. The van der Waals surface area contributed by atoms with E-state index in [4.69, 9.17) is 0 Å². The molecule has 0 amide bonds. The van der Waals surface area contributed by atoms with E-state index in [1.165, 1.54) is 11.6 Å². The molecule has 0 saturated carbocycles. The Kier molecular flexibility index (Phi) is 3.83. The van der Waals surface area contributed by atoms with Gasteiger partial charge in [-0.3, -0.25) is 0 Å². The molecule has 1 atom stereocenters. The average Bonchev–Trinajstić information content (AvgIpc) is 2.95. The second kappa shape index (κ2) is 5.21. The summed E-state index contributed by atoms with van der Waals surface area (Å²) in [4.78, 5) is 25.2. The Balaban J connectivity index is 2.56. The molecule has 1 unspecified atom stereocenters. The number of ether oxygens (including phenoxy) is 1. The van der Waals surface area contributed by atoms with Crippen molar-refractivity contribution in [3.8, 4) is 0 Å². The van der Waals surface area contributed by atoms with E-state index < -0.39 is 40.6 Å². The Hall–Kier alpha value is -2.21. The molecule has 0 aliphatic carbocycles. The lowest BCUT2D eigenvalue weighted by Gasteiger charge is -2.26. The van der Waals surface area contributed by atoms with Gasteiger partial charge in [-0.2, -0.15) is 22.6 Å². The number of nitrogens with zero attached hydrogens (tertiary/aromatic N) is 3. The molecule has 0 aliphatic heterocycles. The Morgan fingerprint density at radius 2 is 2.23 bits per heavy atom. The summed E-state index contributed by atoms with van der Waals surface area (Å²) >= 11 is 0.956. The summed E-state index contributed by atoms with van der Waals surface area (Å²) in [5, 5.41) is 22.2. The van der Waals surface area contributed by atoms with Crippen molar-refractivity contribution in [2.24, 2.45) is 0 Å². The van der Waals surface area contributed by atoms with Crippen molar-refractivity contribution in [3.05, 3.63) is 27.4 Å². The predicted molar refractivity (Wildman–Crippen MR) is 66.4 cm³/mol. The minimum Gasteiger partial charge on any atom is -0.467 e. The van der Waals surface area contributed by atoms with E-state index in [9.17, 15) is 33.2 Å². The van der Waals surface area contributed by atoms with Gasteiger partial charge in [-0.05, 0) is 4.92 Å². The first-order valence-electron chi connectivity index (χ1n) is 5.58. The van der Waals surface area contributed by atoms with Crippen LogP contribution in [0.15, 0.2) is 11.6 Å². The zero-order valence-corrected chi connectivity index (χ0v) is 11.6. The van der Waals surface area contributed by atoms with E-state index in [2.05, 4.69) is 9.72 Å². The molecular weight excluding hydrogens is 331 g/mol. The highest BCUT2D eigenvalue weighted by molar-refractivity contribution is 7.15. The molecule has 120 valence electrons. The number of halogens is 3. The van der Waals surface area contributed by atoms with Gasteiger partial charge in [0.05, 0.1) is 7.11 Å². The smallest absolute Gasteiger partial charge is 0.428 e. The SMILES string of the molecule is COC(=O)C(O)(Cc1nc2sccn2c1[N+](=O)[O-])C(F)(F)F. The maximum Gasteiger partial charge on any atom is 0.428 e. The number of fused-ring (bicyclic) bond motifs is 1. The van der Waals surface area contributed by atoms with Crippen LogP contribution in [0.5, 0.6) is 0 Å². The summed E-state index contributed by atoms with van der Waals surface area (Å²) in [6.45, 7) is 0. The third-order valence-corrected chi connectivity index (χ3v) is 3.65. The van der Waals surface area contributed by atoms with E-state index in [1.807, 2.05) is 0 Å². The van der Waals surface area contributed by atoms with Crippen LogP contribution in [0.1, 0.15) is 5.69 Å². The molecule has 0 radical (unpaired) electrons. The maximum atomic E-state index is 13.0. The fourth-order valence-electron chi connectivity index (χ4n) is 1.83. The number of carbonyl (C=O) groups is 1. The van der Waals surface area contributed by atoms with Crippen molar-refractivity contribution < 1.29 is 32.7 Å². The molecule has 0 fully saturated rings. The van der Waals surface area contributed by atoms with Crippen LogP contribution in [-0.4, -0.2) is 44.3 Å². The zero-order valence-electron chi connectivity index (χ0n) is 10.8. The molecule has 2 aromatic heterocycles. The Morgan fingerprint density at radius 1 is 1.59 bits per heavy atom. The van der Waals surface area contributed by atoms with Crippen LogP contribution in [0.4, 0.5) is 19.0 Å². The van der Waals surface area contributed by atoms with Gasteiger partial charge >= 0.3 is 18.0 Å². The van der Waals surface area contributed by atoms with E-state index in [-0.39, 0.29) is 4.96 Å². The molecule has 0 bridgehead atoms. The first kappa shape index (κ1) is 16.2. The highest BCUT2D eigenvalue weighted by atomic mass is 32.1. The molecule has 8 nitrogen and oxygen atoms in total. The molecule has 22 heavy (non-hydrogen) atoms. The number of nitro groups is 1. The van der Waals surface area contributed by atoms with Gasteiger partial charge in [0.15, 0.2) is 0 Å². The van der Waals surface area contributed by atoms with Gasteiger partial charge in [0.1, 0.15) is 11.9 Å². The fraction of sp³-hybridized carbons (Fsp3) is 0.400. The minimum absolute atomic E-state index is 0.0658. The van der Waals surface area contributed by atoms with E-state index in [0.29, 0.717) is 7.11 Å². The number of aromatic nitrogens is 2. The van der Waals surface area contributed by atoms with E-state index >= 15 is 0 Å². The minimum atomic E-state index is -5.38. The van der Waals surface area contributed by atoms with Crippen molar-refractivity contribution in [1.29, 1.82) is 0 Å². The van der Waals surface area contributed by atoms with Crippen molar-refractivity contribution in [2.75, 3.05) is 7.11 Å². The van der Waals surface area contributed by atoms with Gasteiger partial charge in [0.2, 0.25) is 0 Å². The molecule has 2 rings (SSSR count). The van der Waals surface area contributed by atoms with Gasteiger partial charge in [0, 0.05) is 11.8 Å². The fourth-order valence-corrected chi connectivity index (χ4v) is 2.56. The first-order chi connectivity index (χ1) is 10.1. The van der Waals surface area contributed by atoms with Crippen molar-refractivity contribution >= 4 is 28.1 Å². The summed E-state index contributed by atoms with van der Waals surface area (Å²) in [6, 6.07) is 0. The van der Waals surface area contributed by atoms with Crippen LogP contribution in [0.3, 0.4) is 0 Å². The molecule has 0 aromatic carbocycles. The summed E-state index contributed by atoms with van der Waals surface area (Å²) in [7, 11) is 0.666. The molecule has 0 saturated heterocycles. The normalized spacial score (nSPS) is 14.8. The number of thiazole rings is 1. The average molecular weight is 339 g/mol. The Bertz CT molecular complexity index is 740. The van der Waals surface area contributed by atoms with Crippen LogP contribution in [-0.2, 0) is 16.0 Å². The lowest BCUT2D eigenvalue weighted by Crippen LogP contribution is -2.54. The molecule has 2 aromatic rings. The molecule has 0 aliphatic rings. The van der Waals surface area contributed by atoms with Gasteiger partial charge in [-0.15, -0.1) is 0 Å². The topological polar surface area (TPSA) is 107 Å². The standard InChI is InChI=1S/C10H8F3N3O5S/c1-21-7(17)9(18,10(11,12)13)4-5-6(16(19)20)15-2-3-22-8(15)14-5/h2-3,18H,4H2,1H3. The zero-order chi connectivity index (χ0) is 16.7. The molecule has 1 N–H and O–H groups in total. The Morgan fingerprint density at radius 3 is 2.73 bits per heavy atom. The van der Waals surface area contributed by atoms with E-state index in [1.54, 1.807) is 0 Å². The lowest BCUT2D eigenvalue weighted by molar-refractivity contribution is -0.391. The second-order valence-electron chi connectivity index (χ2n) is 4.22. The number of aliphatic hydroxyl groups is 1. The summed E-state index contributed by atoms with van der Waals surface area (Å²) < 4.78 is 43.9. The van der Waals surface area contributed by atoms with Crippen molar-refractivity contribution in [1.82, 2.24) is 9.38 Å². The molecule has 12 heteroatoms. The third-order valence-electron chi connectivity index (χ3n) is 2.89.